The molecule has 2 saturated heterocycles. The molecule has 124 valence electrons. The third kappa shape index (κ3) is 3.14. The van der Waals surface area contributed by atoms with Crippen LogP contribution in [-0.4, -0.2) is 53.5 Å². The minimum absolute atomic E-state index is 0.0517. The Morgan fingerprint density at radius 3 is 2.74 bits per heavy atom. The van der Waals surface area contributed by atoms with Crippen molar-refractivity contribution in [3.05, 3.63) is 29.6 Å². The number of morpholine rings is 1. The Balaban J connectivity index is 1.68. The fourth-order valence-electron chi connectivity index (χ4n) is 2.73. The predicted octanol–water partition coefficient (Wildman–Crippen LogP) is 0.832. The van der Waals surface area contributed by atoms with E-state index in [0.717, 1.165) is 18.3 Å². The van der Waals surface area contributed by atoms with Crippen LogP contribution in [0.2, 0.25) is 0 Å². The Morgan fingerprint density at radius 2 is 2.17 bits per heavy atom. The van der Waals surface area contributed by atoms with Crippen molar-refractivity contribution < 1.29 is 27.5 Å². The topological polar surface area (TPSA) is 71.5 Å². The molecule has 1 aromatic heterocycles. The van der Waals surface area contributed by atoms with E-state index in [1.165, 1.54) is 4.90 Å². The Bertz CT molecular complexity index is 620. The van der Waals surface area contributed by atoms with Gasteiger partial charge in [-0.1, -0.05) is 0 Å². The molecule has 0 bridgehead atoms. The summed E-state index contributed by atoms with van der Waals surface area (Å²) < 4.78 is 43.0. The lowest BCUT2D eigenvalue weighted by Crippen LogP contribution is -2.54. The molecule has 1 N–H and O–H groups in total. The van der Waals surface area contributed by atoms with Crippen LogP contribution < -0.4 is 5.32 Å². The number of alkyl halides is 3. The molecule has 0 radical (unpaired) electrons. The summed E-state index contributed by atoms with van der Waals surface area (Å²) in [4.78, 5) is 28.3. The zero-order chi connectivity index (χ0) is 16.7. The van der Waals surface area contributed by atoms with Crippen molar-refractivity contribution >= 4 is 11.8 Å². The van der Waals surface area contributed by atoms with Gasteiger partial charge in [-0.15, -0.1) is 0 Å². The molecule has 1 unspecified atom stereocenters. The molecular weight excluding hydrogens is 315 g/mol. The van der Waals surface area contributed by atoms with Gasteiger partial charge in [0.2, 0.25) is 5.91 Å². The van der Waals surface area contributed by atoms with E-state index in [1.807, 2.05) is 0 Å². The molecule has 3 rings (SSSR count). The lowest BCUT2D eigenvalue weighted by Gasteiger charge is -2.33. The lowest BCUT2D eigenvalue weighted by atomic mass is 10.0. The van der Waals surface area contributed by atoms with Gasteiger partial charge in [0, 0.05) is 19.3 Å². The van der Waals surface area contributed by atoms with Gasteiger partial charge in [0.05, 0.1) is 12.1 Å². The van der Waals surface area contributed by atoms with E-state index in [-0.39, 0.29) is 24.6 Å². The van der Waals surface area contributed by atoms with Gasteiger partial charge in [-0.25, -0.2) is 0 Å². The number of hydrogen-bond donors (Lipinski definition) is 1. The molecule has 1 spiro atoms. The molecule has 2 aliphatic heterocycles. The summed E-state index contributed by atoms with van der Waals surface area (Å²) in [6.45, 7) is 0.966. The van der Waals surface area contributed by atoms with Crippen LogP contribution in [0, 0.1) is 0 Å². The third-order valence-electron chi connectivity index (χ3n) is 4.02. The van der Waals surface area contributed by atoms with Crippen molar-refractivity contribution in [1.82, 2.24) is 15.2 Å². The number of hydrogen-bond acceptors (Lipinski definition) is 4. The second-order valence-electron chi connectivity index (χ2n) is 5.65. The standard InChI is InChI=1S/C14H14F3N3O3/c15-14(16,17)10-2-1-9(5-18-10)12(22)20-4-3-13(8-20)7-19-11(21)6-23-13/h1-2,5H,3-4,6-8H2,(H,19,21). The molecule has 6 nitrogen and oxygen atoms in total. The molecule has 0 aromatic carbocycles. The Labute approximate surface area is 129 Å². The Hall–Kier alpha value is -2.16. The summed E-state index contributed by atoms with van der Waals surface area (Å²) in [7, 11) is 0. The van der Waals surface area contributed by atoms with E-state index in [9.17, 15) is 22.8 Å². The number of nitrogens with zero attached hydrogens (tertiary/aromatic N) is 2. The average molecular weight is 329 g/mol. The van der Waals surface area contributed by atoms with Crippen LogP contribution in [0.3, 0.4) is 0 Å². The molecular formula is C14H14F3N3O3. The first-order valence-corrected chi connectivity index (χ1v) is 7.02. The van der Waals surface area contributed by atoms with Crippen molar-refractivity contribution in [2.75, 3.05) is 26.2 Å². The van der Waals surface area contributed by atoms with Gasteiger partial charge < -0.3 is 15.0 Å². The smallest absolute Gasteiger partial charge is 0.361 e. The van der Waals surface area contributed by atoms with Gasteiger partial charge >= 0.3 is 6.18 Å². The number of nitrogens with one attached hydrogen (secondary N) is 1. The van der Waals surface area contributed by atoms with Crippen molar-refractivity contribution in [3.8, 4) is 0 Å². The van der Waals surface area contributed by atoms with E-state index >= 15 is 0 Å². The molecule has 0 aliphatic carbocycles. The maximum absolute atomic E-state index is 12.5. The predicted molar refractivity (Wildman–Crippen MR) is 71.5 cm³/mol. The number of aromatic nitrogens is 1. The maximum atomic E-state index is 12.5. The van der Waals surface area contributed by atoms with Gasteiger partial charge in [0.25, 0.3) is 5.91 Å². The van der Waals surface area contributed by atoms with Gasteiger partial charge in [-0.2, -0.15) is 13.2 Å². The maximum Gasteiger partial charge on any atom is 0.433 e. The highest BCUT2D eigenvalue weighted by Gasteiger charge is 2.44. The van der Waals surface area contributed by atoms with Crippen molar-refractivity contribution in [2.45, 2.75) is 18.2 Å². The van der Waals surface area contributed by atoms with Crippen molar-refractivity contribution in [2.24, 2.45) is 0 Å². The summed E-state index contributed by atoms with van der Waals surface area (Å²) in [5.41, 5.74) is -1.55. The molecule has 1 aromatic rings. The molecule has 2 aliphatic rings. The summed E-state index contributed by atoms with van der Waals surface area (Å²) in [5, 5.41) is 2.70. The number of ether oxygens (including phenoxy) is 1. The number of carbonyl (C=O) groups excluding carboxylic acids is 2. The monoisotopic (exact) mass is 329 g/mol. The molecule has 2 fully saturated rings. The van der Waals surface area contributed by atoms with Gasteiger partial charge in [0.1, 0.15) is 17.9 Å². The molecule has 3 heterocycles. The SMILES string of the molecule is O=C1COC2(CCN(C(=O)c3ccc(C(F)(F)F)nc3)C2)CN1. The first kappa shape index (κ1) is 15.7. The first-order chi connectivity index (χ1) is 10.8. The fourth-order valence-corrected chi connectivity index (χ4v) is 2.73. The van der Waals surface area contributed by atoms with Crippen molar-refractivity contribution in [3.63, 3.8) is 0 Å². The second kappa shape index (κ2) is 5.48. The molecule has 0 saturated carbocycles. The third-order valence-corrected chi connectivity index (χ3v) is 4.02. The number of halogens is 3. The molecule has 9 heteroatoms. The average Bonchev–Trinajstić information content (AvgIpc) is 2.93. The molecule has 1 atom stereocenters. The van der Waals surface area contributed by atoms with E-state index in [4.69, 9.17) is 4.74 Å². The Kier molecular flexibility index (Phi) is 3.75. The van der Waals surface area contributed by atoms with Crippen LogP contribution >= 0.6 is 0 Å². The molecule has 23 heavy (non-hydrogen) atoms. The summed E-state index contributed by atoms with van der Waals surface area (Å²) in [5.74, 6) is -0.601. The number of likely N-dealkylation sites (tertiary alicyclic amines) is 1. The summed E-state index contributed by atoms with van der Waals surface area (Å²) >= 11 is 0. The van der Waals surface area contributed by atoms with Crippen LogP contribution in [-0.2, 0) is 15.7 Å². The van der Waals surface area contributed by atoms with Crippen LogP contribution in [0.5, 0.6) is 0 Å². The minimum atomic E-state index is -4.53. The fraction of sp³-hybridized carbons (Fsp3) is 0.500. The van der Waals surface area contributed by atoms with E-state index in [0.29, 0.717) is 19.5 Å². The normalized spacial score (nSPS) is 24.8. The van der Waals surface area contributed by atoms with Gasteiger partial charge in [0.15, 0.2) is 0 Å². The largest absolute Gasteiger partial charge is 0.433 e. The van der Waals surface area contributed by atoms with Gasteiger partial charge in [-0.3, -0.25) is 14.6 Å². The van der Waals surface area contributed by atoms with E-state index in [1.54, 1.807) is 0 Å². The van der Waals surface area contributed by atoms with Crippen LogP contribution in [0.25, 0.3) is 0 Å². The summed E-state index contributed by atoms with van der Waals surface area (Å²) in [6.07, 6.45) is -3.04. The van der Waals surface area contributed by atoms with Crippen LogP contribution in [0.15, 0.2) is 18.3 Å². The number of carbonyl (C=O) groups is 2. The molecule has 2 amide bonds. The highest BCUT2D eigenvalue weighted by Crippen LogP contribution is 2.29. The zero-order valence-corrected chi connectivity index (χ0v) is 12.0. The Morgan fingerprint density at radius 1 is 1.39 bits per heavy atom. The highest BCUT2D eigenvalue weighted by molar-refractivity contribution is 5.94. The van der Waals surface area contributed by atoms with Crippen molar-refractivity contribution in [1.29, 1.82) is 0 Å². The zero-order valence-electron chi connectivity index (χ0n) is 12.0. The number of amides is 2. The van der Waals surface area contributed by atoms with Crippen LogP contribution in [0.1, 0.15) is 22.5 Å². The van der Waals surface area contributed by atoms with E-state index < -0.39 is 23.4 Å². The first-order valence-electron chi connectivity index (χ1n) is 7.02. The highest BCUT2D eigenvalue weighted by atomic mass is 19.4. The van der Waals surface area contributed by atoms with E-state index in [2.05, 4.69) is 10.3 Å². The minimum Gasteiger partial charge on any atom is -0.361 e. The van der Waals surface area contributed by atoms with Gasteiger partial charge in [-0.05, 0) is 18.6 Å². The number of rotatable bonds is 1. The summed E-state index contributed by atoms with van der Waals surface area (Å²) in [6, 6.07) is 1.91. The van der Waals surface area contributed by atoms with Crippen LogP contribution in [0.4, 0.5) is 13.2 Å². The second-order valence-corrected chi connectivity index (χ2v) is 5.65. The quantitative estimate of drug-likeness (QED) is 0.828. The number of pyridine rings is 1. The lowest BCUT2D eigenvalue weighted by molar-refractivity contribution is -0.142.